The number of nitrogens with zero attached hydrogens (tertiary/aromatic N) is 1. The minimum absolute atomic E-state index is 0.130. The summed E-state index contributed by atoms with van der Waals surface area (Å²) in [6.45, 7) is 4.11. The van der Waals surface area contributed by atoms with E-state index in [1.54, 1.807) is 0 Å². The number of carbonyl (C=O) groups is 2. The number of aryl methyl sites for hydroxylation is 2. The van der Waals surface area contributed by atoms with Gasteiger partial charge in [0.05, 0.1) is 17.2 Å². The molecular formula is C14H14N2O3S2. The van der Waals surface area contributed by atoms with Gasteiger partial charge >= 0.3 is 5.97 Å². The first-order valence-electron chi connectivity index (χ1n) is 6.17. The number of rotatable bonds is 5. The molecule has 5 nitrogen and oxygen atoms in total. The number of hydrogen-bond donors (Lipinski definition) is 2. The van der Waals surface area contributed by atoms with Crippen LogP contribution in [0.2, 0.25) is 0 Å². The number of aromatic nitrogens is 1. The van der Waals surface area contributed by atoms with Crippen molar-refractivity contribution in [2.45, 2.75) is 20.4 Å². The van der Waals surface area contributed by atoms with Crippen LogP contribution in [0.4, 0.5) is 0 Å². The molecule has 0 bridgehead atoms. The number of hydrogen-bond acceptors (Lipinski definition) is 5. The van der Waals surface area contributed by atoms with Crippen LogP contribution in [0.5, 0.6) is 0 Å². The summed E-state index contributed by atoms with van der Waals surface area (Å²) in [5, 5.41) is 12.3. The van der Waals surface area contributed by atoms with Crippen molar-refractivity contribution >= 4 is 40.6 Å². The molecule has 0 fully saturated rings. The summed E-state index contributed by atoms with van der Waals surface area (Å²) in [5.41, 5.74) is 0.742. The van der Waals surface area contributed by atoms with E-state index in [0.29, 0.717) is 11.4 Å². The molecule has 0 radical (unpaired) electrons. The van der Waals surface area contributed by atoms with Crippen LogP contribution in [0.15, 0.2) is 18.2 Å². The molecule has 2 heterocycles. The summed E-state index contributed by atoms with van der Waals surface area (Å²) in [6, 6.07) is 3.70. The molecule has 0 aliphatic heterocycles. The van der Waals surface area contributed by atoms with Crippen molar-refractivity contribution in [2.24, 2.45) is 0 Å². The third kappa shape index (κ3) is 4.24. The zero-order valence-electron chi connectivity index (χ0n) is 11.5. The van der Waals surface area contributed by atoms with E-state index in [0.717, 1.165) is 26.5 Å². The predicted octanol–water partition coefficient (Wildman–Crippen LogP) is 2.85. The number of thiazole rings is 1. The van der Waals surface area contributed by atoms with Gasteiger partial charge in [-0.3, -0.25) is 4.79 Å². The Balaban J connectivity index is 1.95. The highest BCUT2D eigenvalue weighted by atomic mass is 32.1. The summed E-state index contributed by atoms with van der Waals surface area (Å²) < 4.78 is 0. The summed E-state index contributed by atoms with van der Waals surface area (Å²) in [7, 11) is 0. The van der Waals surface area contributed by atoms with E-state index in [9.17, 15) is 9.59 Å². The molecule has 0 atom stereocenters. The Labute approximate surface area is 130 Å². The lowest BCUT2D eigenvalue weighted by atomic mass is 10.3. The highest BCUT2D eigenvalue weighted by Gasteiger charge is 2.13. The van der Waals surface area contributed by atoms with E-state index in [4.69, 9.17) is 5.11 Å². The van der Waals surface area contributed by atoms with Gasteiger partial charge in [0.2, 0.25) is 0 Å². The number of aliphatic carboxylic acids is 1. The summed E-state index contributed by atoms with van der Waals surface area (Å²) >= 11 is 2.82. The third-order valence-electron chi connectivity index (χ3n) is 2.61. The van der Waals surface area contributed by atoms with Crippen molar-refractivity contribution in [3.05, 3.63) is 43.5 Å². The largest absolute Gasteiger partial charge is 0.478 e. The molecule has 1 amide bonds. The van der Waals surface area contributed by atoms with Crippen molar-refractivity contribution in [1.29, 1.82) is 0 Å². The minimum atomic E-state index is -0.978. The summed E-state index contributed by atoms with van der Waals surface area (Å²) in [4.78, 5) is 29.2. The van der Waals surface area contributed by atoms with Crippen LogP contribution in [0.1, 0.15) is 30.1 Å². The molecule has 0 aliphatic rings. The van der Waals surface area contributed by atoms with Gasteiger partial charge in [0.25, 0.3) is 5.91 Å². The number of carboxylic acids is 1. The molecule has 21 heavy (non-hydrogen) atoms. The van der Waals surface area contributed by atoms with Crippen molar-refractivity contribution in [1.82, 2.24) is 10.3 Å². The third-order valence-corrected chi connectivity index (χ3v) is 4.73. The molecule has 2 aromatic heterocycles. The fourth-order valence-corrected chi connectivity index (χ4v) is 3.41. The van der Waals surface area contributed by atoms with Crippen LogP contribution in [0.25, 0.3) is 6.08 Å². The lowest BCUT2D eigenvalue weighted by molar-refractivity contribution is -0.131. The van der Waals surface area contributed by atoms with Crippen LogP contribution in [-0.2, 0) is 11.3 Å². The van der Waals surface area contributed by atoms with Gasteiger partial charge < -0.3 is 10.4 Å². The summed E-state index contributed by atoms with van der Waals surface area (Å²) in [5.74, 6) is -1.11. The van der Waals surface area contributed by atoms with Crippen LogP contribution in [0.3, 0.4) is 0 Å². The number of nitrogens with one attached hydrogen (secondary N) is 1. The van der Waals surface area contributed by atoms with E-state index in [1.165, 1.54) is 28.7 Å². The van der Waals surface area contributed by atoms with Gasteiger partial charge in [-0.1, -0.05) is 0 Å². The second-order valence-corrected chi connectivity index (χ2v) is 6.71. The second kappa shape index (κ2) is 6.64. The lowest BCUT2D eigenvalue weighted by Crippen LogP contribution is -2.22. The molecule has 0 saturated heterocycles. The molecule has 0 spiro atoms. The average molecular weight is 322 g/mol. The van der Waals surface area contributed by atoms with Crippen LogP contribution >= 0.6 is 22.7 Å². The van der Waals surface area contributed by atoms with E-state index in [-0.39, 0.29) is 5.91 Å². The maximum atomic E-state index is 12.0. The van der Waals surface area contributed by atoms with E-state index >= 15 is 0 Å². The van der Waals surface area contributed by atoms with Crippen LogP contribution in [0, 0.1) is 13.8 Å². The minimum Gasteiger partial charge on any atom is -0.478 e. The maximum Gasteiger partial charge on any atom is 0.328 e. The number of thiophene rings is 1. The van der Waals surface area contributed by atoms with Crippen molar-refractivity contribution < 1.29 is 14.7 Å². The molecule has 0 saturated carbocycles. The van der Waals surface area contributed by atoms with E-state index in [1.807, 2.05) is 26.0 Å². The van der Waals surface area contributed by atoms with Gasteiger partial charge in [-0.25, -0.2) is 9.78 Å². The Kier molecular flexibility index (Phi) is 4.87. The zero-order chi connectivity index (χ0) is 15.4. The predicted molar refractivity (Wildman–Crippen MR) is 83.7 cm³/mol. The highest BCUT2D eigenvalue weighted by molar-refractivity contribution is 7.13. The van der Waals surface area contributed by atoms with Gasteiger partial charge in [0.15, 0.2) is 0 Å². The zero-order valence-corrected chi connectivity index (χ0v) is 13.2. The molecule has 2 aromatic rings. The number of carbonyl (C=O) groups excluding carboxylic acids is 1. The first-order valence-corrected chi connectivity index (χ1v) is 7.81. The molecule has 2 N–H and O–H groups in total. The molecule has 110 valence electrons. The fraction of sp³-hybridized carbons (Fsp3) is 0.214. The second-order valence-electron chi connectivity index (χ2n) is 4.31. The highest BCUT2D eigenvalue weighted by Crippen LogP contribution is 2.19. The van der Waals surface area contributed by atoms with Crippen LogP contribution < -0.4 is 5.32 Å². The average Bonchev–Trinajstić information content (AvgIpc) is 3.00. The van der Waals surface area contributed by atoms with Crippen molar-refractivity contribution in [3.8, 4) is 0 Å². The molecule has 0 aromatic carbocycles. The van der Waals surface area contributed by atoms with Crippen molar-refractivity contribution in [3.63, 3.8) is 0 Å². The number of amides is 1. The molecular weight excluding hydrogens is 308 g/mol. The van der Waals surface area contributed by atoms with E-state index < -0.39 is 5.97 Å². The maximum absolute atomic E-state index is 12.0. The van der Waals surface area contributed by atoms with Gasteiger partial charge in [-0.05, 0) is 32.1 Å². The Hall–Kier alpha value is -1.99. The first kappa shape index (κ1) is 15.4. The Morgan fingerprint density at radius 3 is 2.71 bits per heavy atom. The van der Waals surface area contributed by atoms with Gasteiger partial charge in [0, 0.05) is 15.8 Å². The molecule has 0 aliphatic carbocycles. The van der Waals surface area contributed by atoms with Gasteiger partial charge in [0.1, 0.15) is 4.88 Å². The van der Waals surface area contributed by atoms with Gasteiger partial charge in [-0.2, -0.15) is 0 Å². The van der Waals surface area contributed by atoms with Gasteiger partial charge in [-0.15, -0.1) is 22.7 Å². The molecule has 0 unspecified atom stereocenters. The Bertz CT molecular complexity index is 701. The standard InChI is InChI=1S/C14H14N2O3S2/c1-8-13(20-9(2)16-8)14(19)15-7-11-4-3-10(21-11)5-6-12(17)18/h3-6H,7H2,1-2H3,(H,15,19)(H,17,18)/b6-5+. The normalized spacial score (nSPS) is 11.0. The summed E-state index contributed by atoms with van der Waals surface area (Å²) in [6.07, 6.45) is 2.63. The smallest absolute Gasteiger partial charge is 0.328 e. The molecule has 2 rings (SSSR count). The monoisotopic (exact) mass is 322 g/mol. The Morgan fingerprint density at radius 2 is 2.10 bits per heavy atom. The first-order chi connectivity index (χ1) is 9.95. The SMILES string of the molecule is Cc1nc(C)c(C(=O)NCc2ccc(/C=C/C(=O)O)s2)s1. The fourth-order valence-electron chi connectivity index (χ4n) is 1.72. The van der Waals surface area contributed by atoms with Crippen LogP contribution in [-0.4, -0.2) is 22.0 Å². The van der Waals surface area contributed by atoms with Crippen molar-refractivity contribution in [2.75, 3.05) is 0 Å². The van der Waals surface area contributed by atoms with E-state index in [2.05, 4.69) is 10.3 Å². The Morgan fingerprint density at radius 1 is 1.33 bits per heavy atom. The topological polar surface area (TPSA) is 79.3 Å². The lowest BCUT2D eigenvalue weighted by Gasteiger charge is -2.01. The molecule has 7 heteroatoms. The quantitative estimate of drug-likeness (QED) is 0.830. The number of carboxylic acid groups (broad SMARTS) is 1.